The minimum absolute atomic E-state index is 0.0658. The lowest BCUT2D eigenvalue weighted by molar-refractivity contribution is -0.190. The first-order chi connectivity index (χ1) is 16.1. The second-order valence-electron chi connectivity index (χ2n) is 11.2. The van der Waals surface area contributed by atoms with Crippen molar-refractivity contribution in [2.45, 2.75) is 64.8 Å². The number of carbonyl (C=O) groups excluding carboxylic acids is 3. The van der Waals surface area contributed by atoms with Crippen LogP contribution in [0.1, 0.15) is 52.0 Å². The Morgan fingerprint density at radius 2 is 1.97 bits per heavy atom. The van der Waals surface area contributed by atoms with Gasteiger partial charge in [0.25, 0.3) is 0 Å². The Balaban J connectivity index is 1.58. The van der Waals surface area contributed by atoms with Crippen molar-refractivity contribution in [1.82, 2.24) is 0 Å². The molecule has 2 saturated heterocycles. The number of ether oxygens (including phenoxy) is 3. The number of rotatable bonds is 3. The fourth-order valence-corrected chi connectivity index (χ4v) is 8.41. The van der Waals surface area contributed by atoms with E-state index in [0.29, 0.717) is 0 Å². The second-order valence-corrected chi connectivity index (χ2v) is 11.2. The van der Waals surface area contributed by atoms with Gasteiger partial charge < -0.3 is 18.6 Å². The summed E-state index contributed by atoms with van der Waals surface area (Å²) >= 11 is 0. The Morgan fingerprint density at radius 1 is 1.21 bits per heavy atom. The van der Waals surface area contributed by atoms with Crippen LogP contribution in [-0.2, 0) is 28.6 Å². The van der Waals surface area contributed by atoms with Gasteiger partial charge in [0.05, 0.1) is 37.6 Å². The van der Waals surface area contributed by atoms with E-state index in [-0.39, 0.29) is 36.2 Å². The van der Waals surface area contributed by atoms with Gasteiger partial charge in [-0.3, -0.25) is 14.4 Å². The van der Waals surface area contributed by atoms with Crippen molar-refractivity contribution < 1.29 is 33.0 Å². The number of allylic oxidation sites excluding steroid dienone is 2. The average molecular weight is 467 g/mol. The summed E-state index contributed by atoms with van der Waals surface area (Å²) in [7, 11) is 1.37. The van der Waals surface area contributed by atoms with Crippen LogP contribution in [0.5, 0.6) is 0 Å². The van der Waals surface area contributed by atoms with Crippen LogP contribution < -0.4 is 0 Å². The van der Waals surface area contributed by atoms with E-state index in [2.05, 4.69) is 13.8 Å². The maximum absolute atomic E-state index is 13.7. The molecule has 180 valence electrons. The van der Waals surface area contributed by atoms with Crippen LogP contribution in [0, 0.1) is 28.1 Å². The molecule has 7 heteroatoms. The molecule has 0 radical (unpaired) electrons. The summed E-state index contributed by atoms with van der Waals surface area (Å²) < 4.78 is 23.2. The molecule has 2 aliphatic heterocycles. The first-order valence-electron chi connectivity index (χ1n) is 12.0. The van der Waals surface area contributed by atoms with E-state index >= 15 is 0 Å². The first kappa shape index (κ1) is 21.8. The van der Waals surface area contributed by atoms with Crippen molar-refractivity contribution in [1.29, 1.82) is 0 Å². The highest BCUT2D eigenvalue weighted by Crippen LogP contribution is 2.72. The molecule has 1 saturated carbocycles. The van der Waals surface area contributed by atoms with Gasteiger partial charge in [-0.15, -0.1) is 0 Å². The second kappa shape index (κ2) is 6.72. The van der Waals surface area contributed by atoms with E-state index in [4.69, 9.17) is 18.6 Å². The number of ketones is 1. The van der Waals surface area contributed by atoms with Crippen molar-refractivity contribution in [3.8, 4) is 0 Å². The topological polar surface area (TPSA) is 92.0 Å². The zero-order chi connectivity index (χ0) is 24.2. The third-order valence-corrected chi connectivity index (χ3v) is 9.91. The van der Waals surface area contributed by atoms with E-state index in [0.717, 1.165) is 17.6 Å². The largest absolute Gasteiger partial charge is 0.472 e. The van der Waals surface area contributed by atoms with Crippen molar-refractivity contribution in [3.05, 3.63) is 47.5 Å². The molecule has 1 aromatic heterocycles. The molecule has 3 fully saturated rings. The van der Waals surface area contributed by atoms with Gasteiger partial charge in [-0.05, 0) is 49.5 Å². The van der Waals surface area contributed by atoms with E-state index in [1.54, 1.807) is 18.6 Å². The Morgan fingerprint density at radius 3 is 2.65 bits per heavy atom. The zero-order valence-corrected chi connectivity index (χ0v) is 20.1. The molecule has 0 amide bonds. The van der Waals surface area contributed by atoms with Crippen molar-refractivity contribution in [3.63, 3.8) is 0 Å². The van der Waals surface area contributed by atoms with Gasteiger partial charge in [-0.2, -0.15) is 0 Å². The molecule has 6 rings (SSSR count). The summed E-state index contributed by atoms with van der Waals surface area (Å²) in [5.74, 6) is -1.46. The molecule has 7 nitrogen and oxygen atoms in total. The summed E-state index contributed by atoms with van der Waals surface area (Å²) in [6.45, 7) is 7.96. The molecule has 1 aromatic rings. The molecule has 3 aliphatic carbocycles. The molecular formula is C27H30O7. The summed E-state index contributed by atoms with van der Waals surface area (Å²) in [6.07, 6.45) is 6.29. The quantitative estimate of drug-likeness (QED) is 0.495. The van der Waals surface area contributed by atoms with Crippen LogP contribution in [-0.4, -0.2) is 43.1 Å². The van der Waals surface area contributed by atoms with E-state index in [9.17, 15) is 14.4 Å². The monoisotopic (exact) mass is 466 g/mol. The van der Waals surface area contributed by atoms with Crippen molar-refractivity contribution in [2.75, 3.05) is 7.11 Å². The normalized spacial score (nSPS) is 46.3. The number of carbonyl (C=O) groups is 3. The lowest BCUT2D eigenvalue weighted by Crippen LogP contribution is -2.66. The van der Waals surface area contributed by atoms with Gasteiger partial charge in [0.15, 0.2) is 5.78 Å². The van der Waals surface area contributed by atoms with Gasteiger partial charge in [0.2, 0.25) is 0 Å². The van der Waals surface area contributed by atoms with Crippen LogP contribution >= 0.6 is 0 Å². The van der Waals surface area contributed by atoms with E-state index < -0.39 is 40.3 Å². The molecule has 3 heterocycles. The maximum Gasteiger partial charge on any atom is 0.316 e. The molecule has 34 heavy (non-hydrogen) atoms. The molecule has 0 aromatic carbocycles. The van der Waals surface area contributed by atoms with Crippen LogP contribution in [0.15, 0.2) is 46.3 Å². The third kappa shape index (κ3) is 2.34. The van der Waals surface area contributed by atoms with Crippen LogP contribution in [0.25, 0.3) is 0 Å². The Hall–Kier alpha value is -2.67. The smallest absolute Gasteiger partial charge is 0.316 e. The summed E-state index contributed by atoms with van der Waals surface area (Å²) in [4.78, 5) is 39.6. The van der Waals surface area contributed by atoms with Crippen LogP contribution in [0.4, 0.5) is 0 Å². The number of esters is 2. The predicted octanol–water partition coefficient (Wildman–Crippen LogP) is 3.74. The Bertz CT molecular complexity index is 1160. The highest BCUT2D eigenvalue weighted by Gasteiger charge is 2.77. The van der Waals surface area contributed by atoms with Gasteiger partial charge in [0, 0.05) is 22.7 Å². The van der Waals surface area contributed by atoms with Crippen molar-refractivity contribution in [2.24, 2.45) is 28.1 Å². The zero-order valence-electron chi connectivity index (χ0n) is 20.1. The van der Waals surface area contributed by atoms with Gasteiger partial charge in [-0.1, -0.05) is 25.5 Å². The molecule has 0 spiro atoms. The first-order valence-corrected chi connectivity index (χ1v) is 12.0. The summed E-state index contributed by atoms with van der Waals surface area (Å²) in [5.41, 5.74) is 0.794. The molecule has 0 N–H and O–H groups in total. The third-order valence-electron chi connectivity index (χ3n) is 9.91. The highest BCUT2D eigenvalue weighted by atomic mass is 16.6. The molecule has 0 bridgehead atoms. The summed E-state index contributed by atoms with van der Waals surface area (Å²) in [6, 6.07) is 1.97. The fourth-order valence-electron chi connectivity index (χ4n) is 8.41. The van der Waals surface area contributed by atoms with E-state index in [1.807, 2.05) is 19.9 Å². The molecular weight excluding hydrogens is 436 g/mol. The highest BCUT2D eigenvalue weighted by molar-refractivity contribution is 6.00. The van der Waals surface area contributed by atoms with Gasteiger partial charge in [-0.25, -0.2) is 0 Å². The lowest BCUT2D eigenvalue weighted by atomic mass is 9.42. The number of fused-ring (bicyclic) bond motifs is 4. The summed E-state index contributed by atoms with van der Waals surface area (Å²) in [5, 5.41) is 0. The standard InChI is InChI=1S/C27H30O7/c1-13-15(14-7-9-32-12-14)10-16-20(13)27(4)17(11-19(29)31-5)26(3)18(28)6-8-25(2)22(26)21(23(27)33-16)34-24(25)30/h6-9,12,15-17,21-23H,10-11H2,1-5H3/t15-,16+,17-,21+,22-,23+,25+,26+,27-/m0/s1. The SMILES string of the molecule is COC(=O)C[C@H]1[C@]2(C)C(=O)C=C[C@@]3(C)C(=O)O[C@@H]([C@H]4O[C@@H]5C[C@H](c6ccoc6)C(C)=C5[C@]14C)[C@H]23. The fraction of sp³-hybridized carbons (Fsp3) is 0.593. The minimum atomic E-state index is -0.987. The van der Waals surface area contributed by atoms with Gasteiger partial charge in [0.1, 0.15) is 12.2 Å². The number of hydrogen-bond donors (Lipinski definition) is 0. The number of methoxy groups -OCH3 is 1. The van der Waals surface area contributed by atoms with Crippen LogP contribution in [0.3, 0.4) is 0 Å². The Labute approximate surface area is 198 Å². The molecule has 9 atom stereocenters. The predicted molar refractivity (Wildman–Crippen MR) is 119 cm³/mol. The van der Waals surface area contributed by atoms with Crippen molar-refractivity contribution >= 4 is 17.7 Å². The number of hydrogen-bond acceptors (Lipinski definition) is 7. The van der Waals surface area contributed by atoms with Crippen LogP contribution in [0.2, 0.25) is 0 Å². The Kier molecular flexibility index (Phi) is 4.31. The molecule has 0 unspecified atom stereocenters. The minimum Gasteiger partial charge on any atom is -0.472 e. The molecule has 5 aliphatic rings. The van der Waals surface area contributed by atoms with Gasteiger partial charge >= 0.3 is 11.9 Å². The average Bonchev–Trinajstić information content (AvgIpc) is 3.54. The van der Waals surface area contributed by atoms with E-state index in [1.165, 1.54) is 18.8 Å². The lowest BCUT2D eigenvalue weighted by Gasteiger charge is -2.59. The number of furan rings is 1. The maximum atomic E-state index is 13.7.